The third kappa shape index (κ3) is 4.17. The molecule has 0 bridgehead atoms. The maximum atomic E-state index is 8.89. The molecule has 6 nitrogen and oxygen atoms in total. The lowest BCUT2D eigenvalue weighted by molar-refractivity contribution is 0.650. The van der Waals surface area contributed by atoms with Gasteiger partial charge < -0.3 is 0 Å². The minimum Gasteiger partial charge on any atom is -0.109 e. The number of azide groups is 2. The zero-order valence-corrected chi connectivity index (χ0v) is 13.0. The van der Waals surface area contributed by atoms with Gasteiger partial charge in [-0.25, -0.2) is 0 Å². The van der Waals surface area contributed by atoms with E-state index in [0.29, 0.717) is 12.0 Å². The van der Waals surface area contributed by atoms with E-state index in [-0.39, 0.29) is 0 Å². The van der Waals surface area contributed by atoms with E-state index in [1.165, 1.54) is 0 Å². The predicted molar refractivity (Wildman–Crippen MR) is 84.7 cm³/mol. The minimum absolute atomic E-state index is 0.607. The van der Waals surface area contributed by atoms with E-state index in [9.17, 15) is 0 Å². The van der Waals surface area contributed by atoms with Crippen molar-refractivity contribution in [2.75, 3.05) is 0 Å². The van der Waals surface area contributed by atoms with Gasteiger partial charge in [0.1, 0.15) is 5.00 Å². The first-order chi connectivity index (χ1) is 9.97. The average Bonchev–Trinajstić information content (AvgIpc) is 2.47. The molecular weight excluding hydrogens is 288 g/mol. The van der Waals surface area contributed by atoms with Crippen molar-refractivity contribution in [2.45, 2.75) is 38.2 Å². The highest BCUT2D eigenvalue weighted by Gasteiger charge is 2.32. The van der Waals surface area contributed by atoms with Crippen molar-refractivity contribution >= 4 is 11.6 Å². The summed E-state index contributed by atoms with van der Waals surface area (Å²) in [4.78, 5) is 4.44. The van der Waals surface area contributed by atoms with Gasteiger partial charge in [0.2, 0.25) is 0 Å². The first-order valence-corrected chi connectivity index (χ1v) is 6.90. The first kappa shape index (κ1) is 16.9. The maximum Gasteiger partial charge on any atom is 0.142 e. The maximum absolute atomic E-state index is 8.89. The van der Waals surface area contributed by atoms with Crippen molar-refractivity contribution < 1.29 is 0 Å². The van der Waals surface area contributed by atoms with E-state index in [4.69, 9.17) is 22.7 Å². The third-order valence-corrected chi connectivity index (χ3v) is 3.55. The quantitative estimate of drug-likeness (QED) is 0.153. The highest BCUT2D eigenvalue weighted by molar-refractivity contribution is 6.25. The molecule has 1 aromatic rings. The van der Waals surface area contributed by atoms with Crippen LogP contribution >= 0.6 is 11.6 Å². The molecule has 0 heterocycles. The standard InChI is InChI=1S/C14H17ClN6/c1-4-10(2)12(14(3,15)19-21-17)13(18-20-16)11-8-6-5-7-9-11/h5-9,13H,4H2,1-3H3. The summed E-state index contributed by atoms with van der Waals surface area (Å²) in [6.07, 6.45) is 0.711. The van der Waals surface area contributed by atoms with Crippen molar-refractivity contribution in [1.29, 1.82) is 0 Å². The Labute approximate surface area is 128 Å². The van der Waals surface area contributed by atoms with E-state index in [1.54, 1.807) is 6.92 Å². The Morgan fingerprint density at radius 1 is 1.29 bits per heavy atom. The van der Waals surface area contributed by atoms with Crippen LogP contribution in [0.2, 0.25) is 0 Å². The first-order valence-electron chi connectivity index (χ1n) is 6.52. The molecule has 0 aliphatic carbocycles. The van der Waals surface area contributed by atoms with Crippen molar-refractivity contribution in [3.8, 4) is 0 Å². The highest BCUT2D eigenvalue weighted by Crippen LogP contribution is 2.41. The van der Waals surface area contributed by atoms with Crippen LogP contribution in [0.4, 0.5) is 0 Å². The number of nitrogens with zero attached hydrogens (tertiary/aromatic N) is 6. The van der Waals surface area contributed by atoms with Gasteiger partial charge in [-0.05, 0) is 42.5 Å². The molecule has 0 saturated carbocycles. The van der Waals surface area contributed by atoms with Crippen LogP contribution in [0.3, 0.4) is 0 Å². The van der Waals surface area contributed by atoms with Crippen LogP contribution in [0.1, 0.15) is 38.8 Å². The van der Waals surface area contributed by atoms with E-state index < -0.39 is 11.0 Å². The SMILES string of the molecule is CCC(C)=C(C(N=[N+]=[N-])c1ccccc1)C(C)(Cl)N=[N+]=[N-]. The van der Waals surface area contributed by atoms with Crippen LogP contribution in [0.25, 0.3) is 20.9 Å². The van der Waals surface area contributed by atoms with Crippen LogP contribution < -0.4 is 0 Å². The zero-order chi connectivity index (χ0) is 15.9. The van der Waals surface area contributed by atoms with E-state index >= 15 is 0 Å². The lowest BCUT2D eigenvalue weighted by Gasteiger charge is -2.28. The molecule has 1 rings (SSSR count). The topological polar surface area (TPSA) is 97.5 Å². The Balaban J connectivity index is 3.55. The predicted octanol–water partition coefficient (Wildman–Crippen LogP) is 6.03. The number of halogens is 1. The number of allylic oxidation sites excluding steroid dienone is 1. The summed E-state index contributed by atoms with van der Waals surface area (Å²) >= 11 is 6.39. The molecule has 0 amide bonds. The normalized spacial score (nSPS) is 15.8. The molecule has 0 saturated heterocycles. The molecule has 21 heavy (non-hydrogen) atoms. The minimum atomic E-state index is -1.29. The van der Waals surface area contributed by atoms with Gasteiger partial charge in [0.25, 0.3) is 0 Å². The van der Waals surface area contributed by atoms with Crippen LogP contribution in [0.15, 0.2) is 51.7 Å². The van der Waals surface area contributed by atoms with E-state index in [1.807, 2.05) is 44.2 Å². The number of rotatable bonds is 6. The molecule has 1 aromatic carbocycles. The number of alkyl halides is 1. The smallest absolute Gasteiger partial charge is 0.109 e. The molecule has 0 N–H and O–H groups in total. The van der Waals surface area contributed by atoms with Crippen molar-refractivity contribution in [2.24, 2.45) is 10.2 Å². The van der Waals surface area contributed by atoms with Gasteiger partial charge in [0, 0.05) is 9.82 Å². The average molecular weight is 305 g/mol. The van der Waals surface area contributed by atoms with Gasteiger partial charge in [-0.1, -0.05) is 53.1 Å². The summed E-state index contributed by atoms with van der Waals surface area (Å²) in [5.74, 6) is 0. The Kier molecular flexibility index (Phi) is 6.12. The van der Waals surface area contributed by atoms with Crippen molar-refractivity contribution in [3.05, 3.63) is 67.9 Å². The largest absolute Gasteiger partial charge is 0.142 e. The fraction of sp³-hybridized carbons (Fsp3) is 0.429. The van der Waals surface area contributed by atoms with E-state index in [0.717, 1.165) is 11.1 Å². The van der Waals surface area contributed by atoms with Crippen molar-refractivity contribution in [1.82, 2.24) is 0 Å². The highest BCUT2D eigenvalue weighted by atomic mass is 35.5. The summed E-state index contributed by atoms with van der Waals surface area (Å²) in [6, 6.07) is 8.68. The Morgan fingerprint density at radius 3 is 2.38 bits per heavy atom. The molecule has 0 aliphatic heterocycles. The molecule has 2 atom stereocenters. The van der Waals surface area contributed by atoms with Crippen LogP contribution in [-0.4, -0.2) is 5.00 Å². The van der Waals surface area contributed by atoms with Crippen molar-refractivity contribution in [3.63, 3.8) is 0 Å². The van der Waals surface area contributed by atoms with Gasteiger partial charge in [0.05, 0.1) is 6.04 Å². The summed E-state index contributed by atoms with van der Waals surface area (Å²) in [5.41, 5.74) is 20.0. The number of hydrogen-bond donors (Lipinski definition) is 0. The summed E-state index contributed by atoms with van der Waals surface area (Å²) in [7, 11) is 0. The lowest BCUT2D eigenvalue weighted by Crippen LogP contribution is -2.22. The summed E-state index contributed by atoms with van der Waals surface area (Å²) in [6.45, 7) is 5.47. The molecule has 0 aliphatic rings. The second kappa shape index (κ2) is 7.60. The second-order valence-corrected chi connectivity index (χ2v) is 5.44. The number of benzene rings is 1. The fourth-order valence-electron chi connectivity index (χ4n) is 2.18. The van der Waals surface area contributed by atoms with Gasteiger partial charge in [0.15, 0.2) is 0 Å². The van der Waals surface area contributed by atoms with Gasteiger partial charge in [-0.3, -0.25) is 0 Å². The monoisotopic (exact) mass is 304 g/mol. The molecule has 0 radical (unpaired) electrons. The molecule has 0 fully saturated rings. The molecule has 0 spiro atoms. The Morgan fingerprint density at radius 2 is 1.90 bits per heavy atom. The molecule has 0 aromatic heterocycles. The van der Waals surface area contributed by atoms with Gasteiger partial charge >= 0.3 is 0 Å². The van der Waals surface area contributed by atoms with E-state index in [2.05, 4.69) is 20.1 Å². The lowest BCUT2D eigenvalue weighted by atomic mass is 9.89. The third-order valence-electron chi connectivity index (χ3n) is 3.27. The van der Waals surface area contributed by atoms with Crippen LogP contribution in [-0.2, 0) is 0 Å². The molecule has 110 valence electrons. The van der Waals surface area contributed by atoms with Gasteiger partial charge in [-0.15, -0.1) is 11.6 Å². The molecule has 2 unspecified atom stereocenters. The number of hydrogen-bond acceptors (Lipinski definition) is 2. The zero-order valence-electron chi connectivity index (χ0n) is 12.2. The molecular formula is C14H17ClN6. The Hall–Kier alpha value is -2.13. The summed E-state index contributed by atoms with van der Waals surface area (Å²) < 4.78 is 0. The van der Waals surface area contributed by atoms with Crippen LogP contribution in [0.5, 0.6) is 0 Å². The van der Waals surface area contributed by atoms with Crippen LogP contribution in [0, 0.1) is 0 Å². The van der Waals surface area contributed by atoms with Gasteiger partial charge in [-0.2, -0.15) is 0 Å². The molecule has 7 heteroatoms. The Bertz CT molecular complexity index is 610. The second-order valence-electron chi connectivity index (χ2n) is 4.71. The fourth-order valence-corrected chi connectivity index (χ4v) is 2.48. The summed E-state index contributed by atoms with van der Waals surface area (Å²) in [5, 5.41) is 7.53.